The molecule has 27 heavy (non-hydrogen) atoms. The number of fused-ring (bicyclic) bond motifs is 1. The van der Waals surface area contributed by atoms with Gasteiger partial charge in [0.15, 0.2) is 0 Å². The first-order valence-electron chi connectivity index (χ1n) is 9.48. The predicted octanol–water partition coefficient (Wildman–Crippen LogP) is 3.09. The molecule has 1 heterocycles. The van der Waals surface area contributed by atoms with Crippen molar-refractivity contribution in [1.82, 2.24) is 14.5 Å². The molecule has 3 rings (SSSR count). The number of thioether (sulfide) groups is 1. The largest absolute Gasteiger partial charge is 0.466 e. The maximum atomic E-state index is 13.1. The van der Waals surface area contributed by atoms with Crippen LogP contribution in [0.2, 0.25) is 0 Å². The van der Waals surface area contributed by atoms with Crippen LogP contribution in [0.3, 0.4) is 0 Å². The highest BCUT2D eigenvalue weighted by Crippen LogP contribution is 2.30. The third-order valence-electron chi connectivity index (χ3n) is 4.72. The molecule has 1 fully saturated rings. The molecule has 1 amide bonds. The van der Waals surface area contributed by atoms with Gasteiger partial charge in [0.1, 0.15) is 12.4 Å². The molecule has 0 saturated heterocycles. The molecule has 1 aliphatic carbocycles. The number of nitrogens with zero attached hydrogens (tertiary/aromatic N) is 3. The number of rotatable bonds is 10. The van der Waals surface area contributed by atoms with Crippen LogP contribution in [0.1, 0.15) is 32.0 Å². The van der Waals surface area contributed by atoms with Crippen LogP contribution in [-0.2, 0) is 26.6 Å². The Morgan fingerprint density at radius 2 is 2.11 bits per heavy atom. The van der Waals surface area contributed by atoms with Crippen LogP contribution in [0.5, 0.6) is 0 Å². The van der Waals surface area contributed by atoms with E-state index in [0.29, 0.717) is 19.1 Å². The monoisotopic (exact) mass is 389 g/mol. The van der Waals surface area contributed by atoms with Gasteiger partial charge in [-0.15, -0.1) is 0 Å². The number of hydrogen-bond donors (Lipinski definition) is 0. The molecule has 0 unspecified atom stereocenters. The second-order valence-electron chi connectivity index (χ2n) is 6.87. The molecule has 6 nitrogen and oxygen atoms in total. The SMILES string of the molecule is CCOC(=O)CCN(CC1CC1)C(=O)Cn1c(CSC)nc2ccccc21. The smallest absolute Gasteiger partial charge is 0.307 e. The molecule has 7 heteroatoms. The van der Waals surface area contributed by atoms with Crippen molar-refractivity contribution in [3.8, 4) is 0 Å². The highest BCUT2D eigenvalue weighted by Gasteiger charge is 2.27. The van der Waals surface area contributed by atoms with E-state index < -0.39 is 0 Å². The van der Waals surface area contributed by atoms with Gasteiger partial charge in [0.05, 0.1) is 29.8 Å². The molecule has 1 aliphatic rings. The summed E-state index contributed by atoms with van der Waals surface area (Å²) < 4.78 is 7.02. The summed E-state index contributed by atoms with van der Waals surface area (Å²) in [5.41, 5.74) is 1.89. The first kappa shape index (κ1) is 19.7. The zero-order chi connectivity index (χ0) is 19.2. The minimum atomic E-state index is -0.248. The molecule has 0 spiro atoms. The topological polar surface area (TPSA) is 64.4 Å². The van der Waals surface area contributed by atoms with Crippen LogP contribution in [0, 0.1) is 5.92 Å². The van der Waals surface area contributed by atoms with Crippen LogP contribution < -0.4 is 0 Å². The van der Waals surface area contributed by atoms with Crippen molar-refractivity contribution in [2.24, 2.45) is 5.92 Å². The number of ether oxygens (including phenoxy) is 1. The summed E-state index contributed by atoms with van der Waals surface area (Å²) in [6, 6.07) is 7.91. The standard InChI is InChI=1S/C20H27N3O3S/c1-3-26-20(25)10-11-22(12-15-8-9-15)19(24)13-23-17-7-5-4-6-16(17)21-18(23)14-27-2/h4-7,15H,3,8-14H2,1-2H3. The van der Waals surface area contributed by atoms with E-state index >= 15 is 0 Å². The van der Waals surface area contributed by atoms with Gasteiger partial charge in [-0.25, -0.2) is 4.98 Å². The number of aromatic nitrogens is 2. The maximum absolute atomic E-state index is 13.1. The molecule has 1 aromatic heterocycles. The van der Waals surface area contributed by atoms with Crippen molar-refractivity contribution in [2.75, 3.05) is 26.0 Å². The second-order valence-corrected chi connectivity index (χ2v) is 7.74. The molecule has 0 aliphatic heterocycles. The number of para-hydroxylation sites is 2. The fraction of sp³-hybridized carbons (Fsp3) is 0.550. The van der Waals surface area contributed by atoms with Gasteiger partial charge >= 0.3 is 5.97 Å². The predicted molar refractivity (Wildman–Crippen MR) is 108 cm³/mol. The average molecular weight is 390 g/mol. The number of imidazole rings is 1. The Labute approximate surface area is 164 Å². The van der Waals surface area contributed by atoms with E-state index in [2.05, 4.69) is 4.98 Å². The summed E-state index contributed by atoms with van der Waals surface area (Å²) in [5.74, 6) is 2.03. The molecule has 2 aromatic rings. The summed E-state index contributed by atoms with van der Waals surface area (Å²) in [6.45, 7) is 3.56. The number of carbonyl (C=O) groups excluding carboxylic acids is 2. The van der Waals surface area contributed by atoms with Gasteiger partial charge in [-0.05, 0) is 44.1 Å². The van der Waals surface area contributed by atoms with E-state index in [9.17, 15) is 9.59 Å². The van der Waals surface area contributed by atoms with Gasteiger partial charge in [0.25, 0.3) is 0 Å². The minimum Gasteiger partial charge on any atom is -0.466 e. The Hall–Kier alpha value is -2.02. The van der Waals surface area contributed by atoms with Crippen molar-refractivity contribution >= 4 is 34.7 Å². The van der Waals surface area contributed by atoms with Gasteiger partial charge < -0.3 is 14.2 Å². The number of amides is 1. The highest BCUT2D eigenvalue weighted by atomic mass is 32.2. The first-order chi connectivity index (χ1) is 13.1. The summed E-state index contributed by atoms with van der Waals surface area (Å²) >= 11 is 1.69. The quantitative estimate of drug-likeness (QED) is 0.584. The van der Waals surface area contributed by atoms with Crippen molar-refractivity contribution in [3.05, 3.63) is 30.1 Å². The molecule has 146 valence electrons. The van der Waals surface area contributed by atoms with Gasteiger partial charge in [-0.2, -0.15) is 11.8 Å². The van der Waals surface area contributed by atoms with E-state index in [1.165, 1.54) is 0 Å². The second kappa shape index (κ2) is 9.26. The lowest BCUT2D eigenvalue weighted by Gasteiger charge is -2.23. The summed E-state index contributed by atoms with van der Waals surface area (Å²) in [6.07, 6.45) is 4.60. The molecule has 0 N–H and O–H groups in total. The minimum absolute atomic E-state index is 0.0386. The molecule has 1 aromatic carbocycles. The lowest BCUT2D eigenvalue weighted by atomic mass is 10.3. The Bertz CT molecular complexity index is 801. The zero-order valence-electron chi connectivity index (χ0n) is 16.0. The van der Waals surface area contributed by atoms with E-state index in [0.717, 1.165) is 42.0 Å². The van der Waals surface area contributed by atoms with Crippen molar-refractivity contribution in [3.63, 3.8) is 0 Å². The van der Waals surface area contributed by atoms with E-state index in [1.54, 1.807) is 18.7 Å². The molecule has 0 bridgehead atoms. The number of hydrogen-bond acceptors (Lipinski definition) is 5. The fourth-order valence-electron chi connectivity index (χ4n) is 3.17. The highest BCUT2D eigenvalue weighted by molar-refractivity contribution is 7.97. The normalized spacial score (nSPS) is 13.7. The number of benzene rings is 1. The van der Waals surface area contributed by atoms with Gasteiger partial charge in [0.2, 0.25) is 5.91 Å². The summed E-state index contributed by atoms with van der Waals surface area (Å²) in [5, 5.41) is 0. The lowest BCUT2D eigenvalue weighted by molar-refractivity contribution is -0.144. The van der Waals surface area contributed by atoms with Crippen LogP contribution in [0.15, 0.2) is 24.3 Å². The van der Waals surface area contributed by atoms with Crippen LogP contribution in [0.25, 0.3) is 11.0 Å². The Morgan fingerprint density at radius 1 is 1.33 bits per heavy atom. The molecule has 0 radical (unpaired) electrons. The lowest BCUT2D eigenvalue weighted by Crippen LogP contribution is -2.37. The molecule has 0 atom stereocenters. The van der Waals surface area contributed by atoms with Crippen molar-refractivity contribution < 1.29 is 14.3 Å². The van der Waals surface area contributed by atoms with E-state index in [-0.39, 0.29) is 24.8 Å². The van der Waals surface area contributed by atoms with Crippen molar-refractivity contribution in [1.29, 1.82) is 0 Å². The summed E-state index contributed by atoms with van der Waals surface area (Å²) in [7, 11) is 0. The van der Waals surface area contributed by atoms with E-state index in [1.807, 2.05) is 40.0 Å². The van der Waals surface area contributed by atoms with Crippen molar-refractivity contribution in [2.45, 2.75) is 38.5 Å². The third-order valence-corrected chi connectivity index (χ3v) is 5.27. The van der Waals surface area contributed by atoms with Gasteiger partial charge in [-0.3, -0.25) is 9.59 Å². The molecular weight excluding hydrogens is 362 g/mol. The fourth-order valence-corrected chi connectivity index (χ4v) is 3.64. The zero-order valence-corrected chi connectivity index (χ0v) is 16.8. The Morgan fingerprint density at radius 3 is 2.81 bits per heavy atom. The van der Waals surface area contributed by atoms with Gasteiger partial charge in [-0.1, -0.05) is 12.1 Å². The number of carbonyl (C=O) groups is 2. The van der Waals surface area contributed by atoms with Crippen LogP contribution in [0.4, 0.5) is 0 Å². The van der Waals surface area contributed by atoms with Crippen LogP contribution in [-0.4, -0.2) is 52.3 Å². The third kappa shape index (κ3) is 5.25. The Kier molecular flexibility index (Phi) is 6.77. The van der Waals surface area contributed by atoms with E-state index in [4.69, 9.17) is 4.74 Å². The average Bonchev–Trinajstić information content (AvgIpc) is 3.41. The Balaban J connectivity index is 1.75. The first-order valence-corrected chi connectivity index (χ1v) is 10.9. The summed E-state index contributed by atoms with van der Waals surface area (Å²) in [4.78, 5) is 31.3. The maximum Gasteiger partial charge on any atom is 0.307 e. The van der Waals surface area contributed by atoms with Crippen LogP contribution >= 0.6 is 11.8 Å². The molecular formula is C20H27N3O3S. The number of esters is 1. The molecule has 1 saturated carbocycles. The van der Waals surface area contributed by atoms with Gasteiger partial charge in [0, 0.05) is 13.1 Å².